The number of nitrogens with zero attached hydrogens (tertiary/aromatic N) is 3. The molecule has 0 unspecified atom stereocenters. The summed E-state index contributed by atoms with van der Waals surface area (Å²) in [4.78, 5) is 8.66. The second-order valence-corrected chi connectivity index (χ2v) is 6.06. The van der Waals surface area contributed by atoms with Gasteiger partial charge in [0.2, 0.25) is 0 Å². The van der Waals surface area contributed by atoms with E-state index in [9.17, 15) is 0 Å². The molecule has 102 valence electrons. The molecule has 1 aliphatic rings. The van der Waals surface area contributed by atoms with Gasteiger partial charge in [0.1, 0.15) is 17.8 Å². The quantitative estimate of drug-likeness (QED) is 0.853. The van der Waals surface area contributed by atoms with Gasteiger partial charge in [-0.15, -0.1) is 0 Å². The van der Waals surface area contributed by atoms with Gasteiger partial charge in [-0.1, -0.05) is 19.3 Å². The molecule has 1 fully saturated rings. The number of aryl methyl sites for hydroxylation is 1. The third kappa shape index (κ3) is 1.73. The molecule has 4 nitrogen and oxygen atoms in total. The normalized spacial score (nSPS) is 18.9. The van der Waals surface area contributed by atoms with Gasteiger partial charge in [0.15, 0.2) is 0 Å². The summed E-state index contributed by atoms with van der Waals surface area (Å²) >= 11 is 0. The number of fused-ring (bicyclic) bond motifs is 1. The number of hydrogen-bond acceptors (Lipinski definition) is 3. The highest BCUT2D eigenvalue weighted by molar-refractivity contribution is 5.91. The Morgan fingerprint density at radius 1 is 1.16 bits per heavy atom. The molecule has 2 heterocycles. The number of nitrogen functional groups attached to an aromatic ring is 1. The first-order valence-electron chi connectivity index (χ1n) is 7.13. The van der Waals surface area contributed by atoms with Crippen LogP contribution in [0.4, 0.5) is 5.82 Å². The number of aromatic nitrogens is 3. The van der Waals surface area contributed by atoms with Crippen molar-refractivity contribution in [3.8, 4) is 0 Å². The van der Waals surface area contributed by atoms with Gasteiger partial charge in [-0.2, -0.15) is 0 Å². The Balaban J connectivity index is 2.29. The smallest absolute Gasteiger partial charge is 0.146 e. The van der Waals surface area contributed by atoms with Gasteiger partial charge >= 0.3 is 0 Å². The van der Waals surface area contributed by atoms with Crippen LogP contribution in [0.15, 0.2) is 6.33 Å². The maximum Gasteiger partial charge on any atom is 0.146 e. The Morgan fingerprint density at radius 3 is 2.53 bits per heavy atom. The lowest BCUT2D eigenvalue weighted by molar-refractivity contribution is 0.221. The monoisotopic (exact) mass is 258 g/mol. The Labute approximate surface area is 114 Å². The van der Waals surface area contributed by atoms with Crippen molar-refractivity contribution in [2.75, 3.05) is 5.73 Å². The highest BCUT2D eigenvalue weighted by atomic mass is 15.1. The molecule has 1 saturated carbocycles. The van der Waals surface area contributed by atoms with Crippen molar-refractivity contribution in [3.63, 3.8) is 0 Å². The van der Waals surface area contributed by atoms with Crippen LogP contribution in [-0.4, -0.2) is 14.5 Å². The topological polar surface area (TPSA) is 56.7 Å². The van der Waals surface area contributed by atoms with Crippen molar-refractivity contribution in [3.05, 3.63) is 17.6 Å². The second kappa shape index (κ2) is 4.22. The van der Waals surface area contributed by atoms with E-state index in [1.54, 1.807) is 6.33 Å². The average molecular weight is 258 g/mol. The van der Waals surface area contributed by atoms with E-state index < -0.39 is 0 Å². The van der Waals surface area contributed by atoms with Crippen LogP contribution in [0.2, 0.25) is 0 Å². The average Bonchev–Trinajstić information content (AvgIpc) is 2.64. The number of nitrogens with two attached hydrogens (primary N) is 1. The van der Waals surface area contributed by atoms with Crippen LogP contribution in [0, 0.1) is 13.8 Å². The molecule has 1 aliphatic carbocycles. The number of hydrogen-bond donors (Lipinski definition) is 1. The zero-order valence-electron chi connectivity index (χ0n) is 12.0. The fraction of sp³-hybridized carbons (Fsp3) is 0.600. The molecule has 2 aromatic rings. The van der Waals surface area contributed by atoms with Gasteiger partial charge < -0.3 is 10.3 Å². The molecule has 0 saturated heterocycles. The summed E-state index contributed by atoms with van der Waals surface area (Å²) in [6.45, 7) is 6.66. The molecule has 0 spiro atoms. The zero-order valence-corrected chi connectivity index (χ0v) is 12.0. The molecular weight excluding hydrogens is 236 g/mol. The Bertz CT molecular complexity index is 621. The van der Waals surface area contributed by atoms with E-state index in [1.807, 2.05) is 0 Å². The van der Waals surface area contributed by atoms with Crippen molar-refractivity contribution in [1.82, 2.24) is 14.5 Å². The molecule has 0 aromatic carbocycles. The third-order valence-electron chi connectivity index (χ3n) is 4.79. The molecule has 0 aliphatic heterocycles. The van der Waals surface area contributed by atoms with Crippen molar-refractivity contribution in [1.29, 1.82) is 0 Å². The Kier molecular flexibility index (Phi) is 2.77. The molecule has 3 rings (SSSR count). The van der Waals surface area contributed by atoms with E-state index in [-0.39, 0.29) is 5.54 Å². The van der Waals surface area contributed by atoms with Crippen LogP contribution in [0.25, 0.3) is 11.0 Å². The first-order chi connectivity index (χ1) is 9.04. The SMILES string of the molecule is Cc1c(C)n(C2(C)CCCCC2)c2ncnc(N)c12. The van der Waals surface area contributed by atoms with Gasteiger partial charge in [-0.05, 0) is 39.2 Å². The molecule has 19 heavy (non-hydrogen) atoms. The van der Waals surface area contributed by atoms with Crippen molar-refractivity contribution in [2.24, 2.45) is 0 Å². The van der Waals surface area contributed by atoms with Crippen LogP contribution in [0.5, 0.6) is 0 Å². The molecule has 0 amide bonds. The summed E-state index contributed by atoms with van der Waals surface area (Å²) in [5.41, 5.74) is 9.74. The van der Waals surface area contributed by atoms with E-state index in [0.29, 0.717) is 5.82 Å². The number of rotatable bonds is 1. The Morgan fingerprint density at radius 2 is 1.84 bits per heavy atom. The first kappa shape index (κ1) is 12.5. The molecule has 0 radical (unpaired) electrons. The predicted molar refractivity (Wildman–Crippen MR) is 78.1 cm³/mol. The molecular formula is C15H22N4. The summed E-state index contributed by atoms with van der Waals surface area (Å²) in [7, 11) is 0. The summed E-state index contributed by atoms with van der Waals surface area (Å²) in [5, 5.41) is 1.03. The lowest BCUT2D eigenvalue weighted by Crippen LogP contribution is -2.33. The third-order valence-corrected chi connectivity index (χ3v) is 4.79. The van der Waals surface area contributed by atoms with Crippen LogP contribution in [0.3, 0.4) is 0 Å². The zero-order chi connectivity index (χ0) is 13.6. The largest absolute Gasteiger partial charge is 0.383 e. The van der Waals surface area contributed by atoms with E-state index in [2.05, 4.69) is 35.3 Å². The van der Waals surface area contributed by atoms with Crippen LogP contribution in [-0.2, 0) is 5.54 Å². The lowest BCUT2D eigenvalue weighted by atomic mass is 9.83. The highest BCUT2D eigenvalue weighted by Crippen LogP contribution is 2.40. The maximum absolute atomic E-state index is 6.05. The summed E-state index contributed by atoms with van der Waals surface area (Å²) in [6, 6.07) is 0. The predicted octanol–water partition coefficient (Wildman–Crippen LogP) is 3.31. The van der Waals surface area contributed by atoms with Crippen molar-refractivity contribution < 1.29 is 0 Å². The first-order valence-corrected chi connectivity index (χ1v) is 7.13. The molecule has 2 N–H and O–H groups in total. The van der Waals surface area contributed by atoms with Gasteiger partial charge in [-0.25, -0.2) is 9.97 Å². The molecule has 0 bridgehead atoms. The standard InChI is InChI=1S/C15H22N4/c1-10-11(2)19(15(3)7-5-4-6-8-15)14-12(10)13(16)17-9-18-14/h9H,4-8H2,1-3H3,(H2,16,17,18). The molecule has 2 aromatic heterocycles. The summed E-state index contributed by atoms with van der Waals surface area (Å²) in [5.74, 6) is 0.601. The fourth-order valence-corrected chi connectivity index (χ4v) is 3.62. The minimum atomic E-state index is 0.176. The highest BCUT2D eigenvalue weighted by Gasteiger charge is 2.32. The number of anilines is 1. The van der Waals surface area contributed by atoms with Gasteiger partial charge in [-0.3, -0.25) is 0 Å². The van der Waals surface area contributed by atoms with Crippen LogP contribution >= 0.6 is 0 Å². The van der Waals surface area contributed by atoms with Gasteiger partial charge in [0.05, 0.1) is 5.39 Å². The lowest BCUT2D eigenvalue weighted by Gasteiger charge is -2.37. The van der Waals surface area contributed by atoms with Crippen LogP contribution in [0.1, 0.15) is 50.3 Å². The fourth-order valence-electron chi connectivity index (χ4n) is 3.62. The minimum absolute atomic E-state index is 0.176. The van der Waals surface area contributed by atoms with Crippen molar-refractivity contribution >= 4 is 16.9 Å². The van der Waals surface area contributed by atoms with E-state index in [1.165, 1.54) is 43.4 Å². The summed E-state index contributed by atoms with van der Waals surface area (Å²) < 4.78 is 2.41. The van der Waals surface area contributed by atoms with E-state index in [4.69, 9.17) is 5.73 Å². The van der Waals surface area contributed by atoms with Gasteiger partial charge in [0.25, 0.3) is 0 Å². The maximum atomic E-state index is 6.05. The summed E-state index contributed by atoms with van der Waals surface area (Å²) in [6.07, 6.45) is 7.98. The second-order valence-electron chi connectivity index (χ2n) is 6.06. The van der Waals surface area contributed by atoms with Crippen LogP contribution < -0.4 is 5.73 Å². The molecule has 0 atom stereocenters. The Hall–Kier alpha value is -1.58. The van der Waals surface area contributed by atoms with Crippen molar-refractivity contribution in [2.45, 2.75) is 58.4 Å². The minimum Gasteiger partial charge on any atom is -0.383 e. The van der Waals surface area contributed by atoms with E-state index >= 15 is 0 Å². The van der Waals surface area contributed by atoms with Gasteiger partial charge in [0, 0.05) is 11.2 Å². The molecule has 4 heteroatoms. The van der Waals surface area contributed by atoms with E-state index in [0.717, 1.165) is 11.0 Å².